The van der Waals surface area contributed by atoms with Crippen molar-refractivity contribution in [2.24, 2.45) is 0 Å². The molecule has 9 nitrogen and oxygen atoms in total. The van der Waals surface area contributed by atoms with Crippen molar-refractivity contribution < 1.29 is 42.1 Å². The van der Waals surface area contributed by atoms with E-state index in [9.17, 15) is 19.0 Å². The third kappa shape index (κ3) is 73.2. The van der Waals surface area contributed by atoms with Gasteiger partial charge in [-0.1, -0.05) is 365 Å². The quantitative estimate of drug-likeness (QED) is 0.0211. The number of nitrogens with zero attached hydrogens (tertiary/aromatic N) is 1. The number of phosphoric ester groups is 1. The number of rotatable bonds is 72. The summed E-state index contributed by atoms with van der Waals surface area (Å²) in [6.07, 6.45) is 88.5. The first kappa shape index (κ1) is 85.2. The Bertz CT molecular complexity index is 1560. The molecule has 0 saturated heterocycles. The first-order chi connectivity index (χ1) is 42.5. The Morgan fingerprint density at radius 3 is 0.920 bits per heavy atom. The smallest absolute Gasteiger partial charge is 0.462 e. The zero-order chi connectivity index (χ0) is 63.4. The lowest BCUT2D eigenvalue weighted by molar-refractivity contribution is -0.870. The number of hydrogen-bond acceptors (Lipinski definition) is 7. The van der Waals surface area contributed by atoms with E-state index in [1.807, 2.05) is 21.1 Å². The molecule has 2 atom stereocenters. The minimum Gasteiger partial charge on any atom is -0.462 e. The number of unbranched alkanes of at least 4 members (excludes halogenated alkanes) is 52. The van der Waals surface area contributed by atoms with E-state index in [0.717, 1.165) is 44.9 Å². The largest absolute Gasteiger partial charge is 0.472 e. The van der Waals surface area contributed by atoms with E-state index in [1.54, 1.807) is 0 Å². The molecule has 0 bridgehead atoms. The molecule has 0 rings (SSSR count). The molecule has 514 valence electrons. The number of carbonyl (C=O) groups is 2. The molecule has 10 heteroatoms. The standard InChI is InChI=1S/C77H148NO8P/c1-6-8-10-12-14-16-18-20-22-24-26-28-30-32-34-36-38-39-40-42-44-46-48-50-52-54-56-58-60-62-64-66-68-70-77(80)86-75(74-85-87(81,82)84-72-71-78(3,4)5)73-83-76(79)69-67-65-63-61-59-57-55-53-51-49-47-45-43-41-37-35-33-31-29-27-25-23-21-19-17-15-13-11-9-7-2/h18,20,24,26,30,32,75H,6-17,19,21-23,25,27-29,31,33-74H2,1-5H3/p+1/b20-18-,26-24-,32-30-. The number of hydrogen-bond donors (Lipinski definition) is 1. The molecule has 2 unspecified atom stereocenters. The number of quaternary nitrogens is 1. The van der Waals surface area contributed by atoms with Crippen LogP contribution in [-0.4, -0.2) is 74.9 Å². The number of ether oxygens (including phenoxy) is 2. The summed E-state index contributed by atoms with van der Waals surface area (Å²) in [4.78, 5) is 35.9. The average Bonchev–Trinajstić information content (AvgIpc) is 3.50. The zero-order valence-electron chi connectivity index (χ0n) is 58.8. The molecule has 0 aromatic carbocycles. The average molecular weight is 1250 g/mol. The van der Waals surface area contributed by atoms with Crippen LogP contribution in [0.15, 0.2) is 36.5 Å². The van der Waals surface area contributed by atoms with Gasteiger partial charge in [-0.15, -0.1) is 0 Å². The molecular formula is C77H149NO8P+. The van der Waals surface area contributed by atoms with Crippen molar-refractivity contribution in [2.75, 3.05) is 47.5 Å². The highest BCUT2D eigenvalue weighted by molar-refractivity contribution is 7.47. The van der Waals surface area contributed by atoms with E-state index in [4.69, 9.17) is 18.5 Å². The maximum absolute atomic E-state index is 12.9. The highest BCUT2D eigenvalue weighted by Gasteiger charge is 2.27. The van der Waals surface area contributed by atoms with Gasteiger partial charge in [0.1, 0.15) is 19.8 Å². The van der Waals surface area contributed by atoms with Crippen molar-refractivity contribution in [1.29, 1.82) is 0 Å². The highest BCUT2D eigenvalue weighted by Crippen LogP contribution is 2.43. The summed E-state index contributed by atoms with van der Waals surface area (Å²) >= 11 is 0. The topological polar surface area (TPSA) is 108 Å². The number of phosphoric acid groups is 1. The van der Waals surface area contributed by atoms with Gasteiger partial charge in [-0.05, 0) is 51.4 Å². The molecular weight excluding hydrogens is 1100 g/mol. The molecule has 0 heterocycles. The van der Waals surface area contributed by atoms with E-state index < -0.39 is 26.5 Å². The van der Waals surface area contributed by atoms with Crippen molar-refractivity contribution in [3.8, 4) is 0 Å². The van der Waals surface area contributed by atoms with Crippen LogP contribution in [0.4, 0.5) is 0 Å². The lowest BCUT2D eigenvalue weighted by Gasteiger charge is -2.24. The number of likely N-dealkylation sites (N-methyl/N-ethyl adjacent to an activating group) is 1. The van der Waals surface area contributed by atoms with E-state index in [0.29, 0.717) is 23.9 Å². The van der Waals surface area contributed by atoms with Gasteiger partial charge in [0.25, 0.3) is 0 Å². The Balaban J connectivity index is 3.95. The Hall–Kier alpha value is -1.77. The van der Waals surface area contributed by atoms with Gasteiger partial charge in [0.05, 0.1) is 27.7 Å². The second-order valence-corrected chi connectivity index (χ2v) is 28.9. The second kappa shape index (κ2) is 68.6. The molecule has 0 aromatic heterocycles. The molecule has 0 aliphatic carbocycles. The molecule has 0 saturated carbocycles. The normalized spacial score (nSPS) is 13.2. The van der Waals surface area contributed by atoms with Crippen LogP contribution in [0.25, 0.3) is 0 Å². The van der Waals surface area contributed by atoms with Gasteiger partial charge >= 0.3 is 19.8 Å². The first-order valence-corrected chi connectivity index (χ1v) is 39.7. The lowest BCUT2D eigenvalue weighted by Crippen LogP contribution is -2.37. The fourth-order valence-corrected chi connectivity index (χ4v) is 12.3. The van der Waals surface area contributed by atoms with Gasteiger partial charge in [0.2, 0.25) is 0 Å². The predicted molar refractivity (Wildman–Crippen MR) is 377 cm³/mol. The van der Waals surface area contributed by atoms with Gasteiger partial charge in [0, 0.05) is 12.8 Å². The monoisotopic (exact) mass is 1250 g/mol. The number of carbonyl (C=O) groups excluding carboxylic acids is 2. The zero-order valence-corrected chi connectivity index (χ0v) is 59.7. The molecule has 0 aliphatic rings. The summed E-state index contributed by atoms with van der Waals surface area (Å²) < 4.78 is 34.8. The van der Waals surface area contributed by atoms with Crippen LogP contribution in [0.1, 0.15) is 393 Å². The van der Waals surface area contributed by atoms with Crippen LogP contribution in [0.3, 0.4) is 0 Å². The second-order valence-electron chi connectivity index (χ2n) is 27.4. The third-order valence-electron chi connectivity index (χ3n) is 17.4. The van der Waals surface area contributed by atoms with Crippen molar-refractivity contribution in [2.45, 2.75) is 399 Å². The Kier molecular flexibility index (Phi) is 67.2. The molecule has 0 aromatic rings. The molecule has 1 N–H and O–H groups in total. The van der Waals surface area contributed by atoms with Crippen molar-refractivity contribution >= 4 is 19.8 Å². The van der Waals surface area contributed by atoms with Gasteiger partial charge in [-0.25, -0.2) is 4.57 Å². The number of allylic oxidation sites excluding steroid dienone is 6. The summed E-state index contributed by atoms with van der Waals surface area (Å²) in [5, 5.41) is 0. The number of esters is 2. The van der Waals surface area contributed by atoms with Crippen LogP contribution in [0.2, 0.25) is 0 Å². The van der Waals surface area contributed by atoms with E-state index >= 15 is 0 Å². The maximum atomic E-state index is 12.9. The van der Waals surface area contributed by atoms with Gasteiger partial charge in [0.15, 0.2) is 6.10 Å². The fraction of sp³-hybridized carbons (Fsp3) is 0.896. The predicted octanol–water partition coefficient (Wildman–Crippen LogP) is 25.0. The van der Waals surface area contributed by atoms with Crippen LogP contribution < -0.4 is 0 Å². The molecule has 0 amide bonds. The fourth-order valence-electron chi connectivity index (χ4n) is 11.6. The van der Waals surface area contributed by atoms with Crippen LogP contribution in [-0.2, 0) is 32.7 Å². The van der Waals surface area contributed by atoms with Crippen molar-refractivity contribution in [1.82, 2.24) is 0 Å². The van der Waals surface area contributed by atoms with Gasteiger partial charge in [-0.3, -0.25) is 18.6 Å². The SMILES string of the molecule is CCCCCCC/C=C\C/C=C\C/C=C\CCCCCCCCCCCCCCCCCCCCC(=O)OC(COC(=O)CCCCCCCCCCCCCCCCCCCCCCCCCCCCCCCC)COP(=O)(O)OCC[N+](C)(C)C. The van der Waals surface area contributed by atoms with E-state index in [2.05, 4.69) is 50.3 Å². The van der Waals surface area contributed by atoms with Gasteiger partial charge in [-0.2, -0.15) is 0 Å². The Morgan fingerprint density at radius 2 is 0.621 bits per heavy atom. The summed E-state index contributed by atoms with van der Waals surface area (Å²) in [6, 6.07) is 0. The molecule has 87 heavy (non-hydrogen) atoms. The maximum Gasteiger partial charge on any atom is 0.472 e. The van der Waals surface area contributed by atoms with Crippen LogP contribution in [0.5, 0.6) is 0 Å². The lowest BCUT2D eigenvalue weighted by atomic mass is 10.0. The van der Waals surface area contributed by atoms with Crippen molar-refractivity contribution in [3.63, 3.8) is 0 Å². The van der Waals surface area contributed by atoms with E-state index in [1.165, 1.54) is 315 Å². The molecule has 0 spiro atoms. The minimum absolute atomic E-state index is 0.0350. The third-order valence-corrected chi connectivity index (χ3v) is 18.4. The Morgan fingerprint density at radius 1 is 0.356 bits per heavy atom. The highest BCUT2D eigenvalue weighted by atomic mass is 31.2. The van der Waals surface area contributed by atoms with Crippen LogP contribution >= 0.6 is 7.82 Å². The summed E-state index contributed by atoms with van der Waals surface area (Å²) in [7, 11) is 1.50. The van der Waals surface area contributed by atoms with E-state index in [-0.39, 0.29) is 25.6 Å². The minimum atomic E-state index is -4.39. The Labute approximate surface area is 541 Å². The van der Waals surface area contributed by atoms with Crippen LogP contribution in [0, 0.1) is 0 Å². The first-order valence-electron chi connectivity index (χ1n) is 38.2. The molecule has 0 fully saturated rings. The summed E-state index contributed by atoms with van der Waals surface area (Å²) in [5.41, 5.74) is 0. The summed E-state index contributed by atoms with van der Waals surface area (Å²) in [5.74, 6) is -0.773. The van der Waals surface area contributed by atoms with Gasteiger partial charge < -0.3 is 18.9 Å². The summed E-state index contributed by atoms with van der Waals surface area (Å²) in [6.45, 7) is 4.50. The molecule has 0 aliphatic heterocycles. The van der Waals surface area contributed by atoms with Crippen molar-refractivity contribution in [3.05, 3.63) is 36.5 Å². The molecule has 0 radical (unpaired) electrons.